The van der Waals surface area contributed by atoms with Crippen molar-refractivity contribution in [2.75, 3.05) is 0 Å². The average Bonchev–Trinajstić information content (AvgIpc) is 2.68. The van der Waals surface area contributed by atoms with Crippen molar-refractivity contribution in [2.24, 2.45) is 5.92 Å². The van der Waals surface area contributed by atoms with Crippen molar-refractivity contribution in [3.05, 3.63) is 35.4 Å². The molecule has 3 amide bonds. The van der Waals surface area contributed by atoms with Crippen molar-refractivity contribution in [2.45, 2.75) is 26.4 Å². The summed E-state index contributed by atoms with van der Waals surface area (Å²) in [6, 6.07) is 8.09. The van der Waals surface area contributed by atoms with Gasteiger partial charge in [-0.2, -0.15) is 5.26 Å². The third-order valence-electron chi connectivity index (χ3n) is 3.15. The first-order chi connectivity index (χ1) is 9.02. The lowest BCUT2D eigenvalue weighted by atomic mass is 10.0. The molecule has 0 aromatic heterocycles. The number of hydrogen-bond acceptors (Lipinski definition) is 3. The Bertz CT molecular complexity index is 543. The van der Waals surface area contributed by atoms with Gasteiger partial charge in [-0.1, -0.05) is 26.0 Å². The van der Waals surface area contributed by atoms with Crippen LogP contribution in [-0.4, -0.2) is 22.9 Å². The van der Waals surface area contributed by atoms with Gasteiger partial charge in [0, 0.05) is 0 Å². The minimum atomic E-state index is -0.439. The first-order valence-electron chi connectivity index (χ1n) is 6.14. The molecule has 19 heavy (non-hydrogen) atoms. The highest BCUT2D eigenvalue weighted by Gasteiger charge is 2.39. The molecule has 1 aromatic rings. The molecular weight excluding hydrogens is 242 g/mol. The van der Waals surface area contributed by atoms with Crippen molar-refractivity contribution in [1.29, 1.82) is 5.26 Å². The lowest BCUT2D eigenvalue weighted by Gasteiger charge is -2.14. The maximum atomic E-state index is 12.1. The van der Waals surface area contributed by atoms with Gasteiger partial charge in [0.05, 0.1) is 18.2 Å². The lowest BCUT2D eigenvalue weighted by Crippen LogP contribution is -2.34. The summed E-state index contributed by atoms with van der Waals surface area (Å²) >= 11 is 0. The smallest absolute Gasteiger partial charge is 0.325 e. The fourth-order valence-electron chi connectivity index (χ4n) is 2.01. The van der Waals surface area contributed by atoms with E-state index in [9.17, 15) is 9.59 Å². The molecule has 0 saturated carbocycles. The molecule has 1 atom stereocenters. The van der Waals surface area contributed by atoms with Crippen molar-refractivity contribution in [1.82, 2.24) is 10.2 Å². The van der Waals surface area contributed by atoms with Gasteiger partial charge in [0.2, 0.25) is 0 Å². The normalized spacial score (nSPS) is 18.6. The van der Waals surface area contributed by atoms with E-state index in [1.54, 1.807) is 24.3 Å². The molecular formula is C14H15N3O2. The molecule has 1 aliphatic rings. The van der Waals surface area contributed by atoms with Crippen molar-refractivity contribution in [3.8, 4) is 6.07 Å². The van der Waals surface area contributed by atoms with Crippen LogP contribution in [0.4, 0.5) is 4.79 Å². The van der Waals surface area contributed by atoms with Crippen molar-refractivity contribution in [3.63, 3.8) is 0 Å². The predicted octanol–water partition coefficient (Wildman–Crippen LogP) is 1.63. The van der Waals surface area contributed by atoms with Gasteiger partial charge in [-0.05, 0) is 23.6 Å². The molecule has 0 unspecified atom stereocenters. The van der Waals surface area contributed by atoms with Gasteiger partial charge in [-0.25, -0.2) is 4.79 Å². The molecule has 1 fully saturated rings. The number of rotatable bonds is 3. The molecule has 98 valence electrons. The van der Waals surface area contributed by atoms with Crippen LogP contribution in [0.1, 0.15) is 25.0 Å². The Morgan fingerprint density at radius 1 is 1.32 bits per heavy atom. The van der Waals surface area contributed by atoms with Crippen LogP contribution in [0.5, 0.6) is 0 Å². The summed E-state index contributed by atoms with van der Waals surface area (Å²) in [5, 5.41) is 11.4. The number of nitriles is 1. The van der Waals surface area contributed by atoms with Crippen LogP contribution in [0.2, 0.25) is 0 Å². The molecule has 1 heterocycles. The van der Waals surface area contributed by atoms with E-state index in [1.165, 1.54) is 4.90 Å². The van der Waals surface area contributed by atoms with E-state index in [-0.39, 0.29) is 24.4 Å². The quantitative estimate of drug-likeness (QED) is 0.836. The summed E-state index contributed by atoms with van der Waals surface area (Å²) in [5.41, 5.74) is 1.38. The summed E-state index contributed by atoms with van der Waals surface area (Å²) in [4.78, 5) is 25.1. The van der Waals surface area contributed by atoms with Crippen LogP contribution >= 0.6 is 0 Å². The molecule has 1 aliphatic heterocycles. The molecule has 5 heteroatoms. The maximum Gasteiger partial charge on any atom is 0.325 e. The number of benzene rings is 1. The molecule has 0 radical (unpaired) electrons. The van der Waals surface area contributed by atoms with Gasteiger partial charge >= 0.3 is 6.03 Å². The van der Waals surface area contributed by atoms with E-state index in [0.717, 1.165) is 5.56 Å². The number of carbonyl (C=O) groups excluding carboxylic acids is 2. The molecule has 0 spiro atoms. The molecule has 5 nitrogen and oxygen atoms in total. The fourth-order valence-corrected chi connectivity index (χ4v) is 2.01. The van der Waals surface area contributed by atoms with E-state index < -0.39 is 6.04 Å². The Morgan fingerprint density at radius 3 is 2.42 bits per heavy atom. The number of hydrogen-bond donors (Lipinski definition) is 1. The van der Waals surface area contributed by atoms with Crippen LogP contribution in [-0.2, 0) is 11.3 Å². The highest BCUT2D eigenvalue weighted by atomic mass is 16.2. The van der Waals surface area contributed by atoms with Crippen LogP contribution < -0.4 is 5.32 Å². The monoisotopic (exact) mass is 257 g/mol. The maximum absolute atomic E-state index is 12.1. The summed E-state index contributed by atoms with van der Waals surface area (Å²) in [6.07, 6.45) is 0. The second kappa shape index (κ2) is 5.11. The first kappa shape index (κ1) is 13.1. The van der Waals surface area contributed by atoms with Gasteiger partial charge in [-0.15, -0.1) is 0 Å². The molecule has 1 saturated heterocycles. The Labute approximate surface area is 111 Å². The summed E-state index contributed by atoms with van der Waals surface area (Å²) in [5.74, 6) is -0.119. The number of urea groups is 1. The van der Waals surface area contributed by atoms with Crippen LogP contribution in [0.25, 0.3) is 0 Å². The number of nitrogens with zero attached hydrogens (tertiary/aromatic N) is 2. The Hall–Kier alpha value is -2.35. The minimum Gasteiger partial charge on any atom is -0.326 e. The highest BCUT2D eigenvalue weighted by molar-refractivity contribution is 6.04. The topological polar surface area (TPSA) is 73.2 Å². The summed E-state index contributed by atoms with van der Waals surface area (Å²) in [6.45, 7) is 4.03. The molecule has 1 N–H and O–H groups in total. The zero-order valence-corrected chi connectivity index (χ0v) is 10.9. The highest BCUT2D eigenvalue weighted by Crippen LogP contribution is 2.17. The zero-order valence-electron chi connectivity index (χ0n) is 10.9. The van der Waals surface area contributed by atoms with Crippen molar-refractivity contribution >= 4 is 11.9 Å². The molecule has 1 aromatic carbocycles. The van der Waals surface area contributed by atoms with E-state index in [4.69, 9.17) is 5.26 Å². The number of carbonyl (C=O) groups is 2. The largest absolute Gasteiger partial charge is 0.326 e. The molecule has 2 rings (SSSR count). The third-order valence-corrected chi connectivity index (χ3v) is 3.15. The fraction of sp³-hybridized carbons (Fsp3) is 0.357. The molecule has 0 bridgehead atoms. The van der Waals surface area contributed by atoms with Gasteiger partial charge in [0.25, 0.3) is 5.91 Å². The second-order valence-corrected chi connectivity index (χ2v) is 4.90. The van der Waals surface area contributed by atoms with Gasteiger partial charge in [-0.3, -0.25) is 9.69 Å². The van der Waals surface area contributed by atoms with E-state index >= 15 is 0 Å². The number of imide groups is 1. The summed E-state index contributed by atoms with van der Waals surface area (Å²) in [7, 11) is 0. The second-order valence-electron chi connectivity index (χ2n) is 4.90. The van der Waals surface area contributed by atoms with Gasteiger partial charge < -0.3 is 5.32 Å². The minimum absolute atomic E-state index is 0.0717. The average molecular weight is 257 g/mol. The van der Waals surface area contributed by atoms with Crippen LogP contribution in [0.3, 0.4) is 0 Å². The van der Waals surface area contributed by atoms with Crippen LogP contribution in [0, 0.1) is 17.2 Å². The third kappa shape index (κ3) is 2.58. The predicted molar refractivity (Wildman–Crippen MR) is 68.9 cm³/mol. The zero-order chi connectivity index (χ0) is 14.0. The van der Waals surface area contributed by atoms with Gasteiger partial charge in [0.15, 0.2) is 0 Å². The Morgan fingerprint density at radius 2 is 1.95 bits per heavy atom. The number of nitrogens with one attached hydrogen (secondary N) is 1. The first-order valence-corrected chi connectivity index (χ1v) is 6.14. The van der Waals surface area contributed by atoms with Crippen molar-refractivity contribution < 1.29 is 9.59 Å². The SMILES string of the molecule is CC(C)[C@@H]1NC(=O)N(Cc2ccc(C#N)cc2)C1=O. The molecule has 0 aliphatic carbocycles. The summed E-state index contributed by atoms with van der Waals surface area (Å²) < 4.78 is 0. The van der Waals surface area contributed by atoms with Gasteiger partial charge in [0.1, 0.15) is 6.04 Å². The van der Waals surface area contributed by atoms with E-state index in [0.29, 0.717) is 5.56 Å². The van der Waals surface area contributed by atoms with E-state index in [1.807, 2.05) is 19.9 Å². The number of amides is 3. The van der Waals surface area contributed by atoms with Crippen LogP contribution in [0.15, 0.2) is 24.3 Å². The Balaban J connectivity index is 2.12. The standard InChI is InChI=1S/C14H15N3O2/c1-9(2)12-13(18)17(14(19)16-12)8-11-5-3-10(7-15)4-6-11/h3-6,9,12H,8H2,1-2H3,(H,16,19)/t12-/m0/s1. The Kier molecular flexibility index (Phi) is 3.52. The van der Waals surface area contributed by atoms with E-state index in [2.05, 4.69) is 5.32 Å². The lowest BCUT2D eigenvalue weighted by molar-refractivity contribution is -0.128.